The number of nitrogens with two attached hydrogens (primary N) is 1. The van der Waals surface area contributed by atoms with Crippen LogP contribution in [0, 0.1) is 5.92 Å². The average Bonchev–Trinajstić information content (AvgIpc) is 3.04. The second-order valence-electron chi connectivity index (χ2n) is 7.68. The first-order chi connectivity index (χ1) is 13.3. The first-order valence-corrected chi connectivity index (χ1v) is 9.71. The topological polar surface area (TPSA) is 142 Å². The molecule has 1 aromatic rings. The number of nitrogens with one attached hydrogen (secondary N) is 1. The second-order valence-corrected chi connectivity index (χ2v) is 8.54. The van der Waals surface area contributed by atoms with Gasteiger partial charge < -0.3 is 20.0 Å². The number of thiazole rings is 1. The van der Waals surface area contributed by atoms with Gasteiger partial charge in [-0.3, -0.25) is 10.1 Å². The maximum Gasteiger partial charge on any atom is 0.362 e. The van der Waals surface area contributed by atoms with Crippen molar-refractivity contribution in [1.29, 1.82) is 0 Å². The lowest BCUT2D eigenvalue weighted by molar-refractivity contribution is -0.164. The van der Waals surface area contributed by atoms with E-state index in [4.69, 9.17) is 10.5 Å². The van der Waals surface area contributed by atoms with E-state index in [0.717, 1.165) is 11.3 Å². The highest BCUT2D eigenvalue weighted by atomic mass is 32.1. The number of oxime groups is 1. The number of carbonyl (C=O) groups excluding carboxylic acids is 3. The van der Waals surface area contributed by atoms with Crippen LogP contribution in [0.1, 0.15) is 46.7 Å². The van der Waals surface area contributed by atoms with E-state index in [9.17, 15) is 14.4 Å². The van der Waals surface area contributed by atoms with E-state index in [1.165, 1.54) is 19.6 Å². The quantitative estimate of drug-likeness (QED) is 0.276. The molecule has 0 saturated carbocycles. The van der Waals surface area contributed by atoms with Crippen molar-refractivity contribution in [3.8, 4) is 0 Å². The second kappa shape index (κ2) is 9.79. The number of esters is 2. The van der Waals surface area contributed by atoms with Gasteiger partial charge in [0, 0.05) is 5.38 Å². The van der Waals surface area contributed by atoms with Crippen LogP contribution in [0.25, 0.3) is 0 Å². The summed E-state index contributed by atoms with van der Waals surface area (Å²) in [5.74, 6) is -2.39. The molecule has 0 saturated heterocycles. The van der Waals surface area contributed by atoms with Gasteiger partial charge in [0.2, 0.25) is 5.71 Å². The third kappa shape index (κ3) is 6.79. The third-order valence-corrected chi connectivity index (χ3v) is 4.18. The van der Waals surface area contributed by atoms with Crippen molar-refractivity contribution in [3.05, 3.63) is 11.1 Å². The fraction of sp³-hybridized carbons (Fsp3) is 0.611. The molecule has 1 rings (SSSR count). The number of hydrogen-bond acceptors (Lipinski definition) is 10. The van der Waals surface area contributed by atoms with E-state index in [2.05, 4.69) is 25.0 Å². The molecule has 0 aliphatic heterocycles. The molecule has 3 N–H and O–H groups in total. The summed E-state index contributed by atoms with van der Waals surface area (Å²) in [4.78, 5) is 46.1. The molecule has 162 valence electrons. The lowest BCUT2D eigenvalue weighted by atomic mass is 9.88. The number of ether oxygens (including phenoxy) is 2. The number of anilines is 1. The summed E-state index contributed by atoms with van der Waals surface area (Å²) in [6, 6.07) is 0. The van der Waals surface area contributed by atoms with Crippen LogP contribution in [0.5, 0.6) is 0 Å². The maximum absolute atomic E-state index is 12.9. The van der Waals surface area contributed by atoms with Crippen molar-refractivity contribution in [2.75, 3.05) is 19.5 Å². The minimum absolute atomic E-state index is 0.0510. The first kappa shape index (κ1) is 24.5. The van der Waals surface area contributed by atoms with Crippen molar-refractivity contribution in [1.82, 2.24) is 4.98 Å². The lowest BCUT2D eigenvalue weighted by Gasteiger charge is -2.31. The molecule has 1 amide bonds. The molecular weight excluding hydrogens is 400 g/mol. The summed E-state index contributed by atoms with van der Waals surface area (Å²) in [7, 11) is 2.46. The van der Waals surface area contributed by atoms with Gasteiger partial charge in [0.25, 0.3) is 5.91 Å². The minimum atomic E-state index is -1.90. The van der Waals surface area contributed by atoms with Crippen LogP contribution in [-0.2, 0) is 28.7 Å². The standard InChI is InChI=1S/C18H28N4O6S/c1-10(2)8-18(19,15(25)28-17(3,4)5)14(24)21-16-20-11(9-29-16)12(22-27-7)13(23)26-6/h9-10H,8,19H2,1-7H3,(H,20,21,24)/b22-12-/t18-/m0/s1. The molecule has 0 radical (unpaired) electrons. The van der Waals surface area contributed by atoms with Crippen LogP contribution in [0.3, 0.4) is 0 Å². The van der Waals surface area contributed by atoms with Crippen molar-refractivity contribution in [2.24, 2.45) is 16.8 Å². The van der Waals surface area contributed by atoms with E-state index < -0.39 is 29.0 Å². The summed E-state index contributed by atoms with van der Waals surface area (Å²) in [5, 5.41) is 7.72. The van der Waals surface area contributed by atoms with Gasteiger partial charge in [0.1, 0.15) is 18.4 Å². The predicted octanol–water partition coefficient (Wildman–Crippen LogP) is 1.69. The van der Waals surface area contributed by atoms with Crippen molar-refractivity contribution < 1.29 is 28.7 Å². The fourth-order valence-electron chi connectivity index (χ4n) is 2.31. The molecule has 0 bridgehead atoms. The smallest absolute Gasteiger partial charge is 0.362 e. The van der Waals surface area contributed by atoms with Gasteiger partial charge >= 0.3 is 11.9 Å². The van der Waals surface area contributed by atoms with E-state index in [-0.39, 0.29) is 28.9 Å². The summed E-state index contributed by atoms with van der Waals surface area (Å²) in [5.41, 5.74) is 3.46. The highest BCUT2D eigenvalue weighted by Gasteiger charge is 2.46. The molecule has 1 atom stereocenters. The van der Waals surface area contributed by atoms with Gasteiger partial charge in [-0.1, -0.05) is 19.0 Å². The van der Waals surface area contributed by atoms with E-state index in [0.29, 0.717) is 0 Å². The number of aromatic nitrogens is 1. The highest BCUT2D eigenvalue weighted by molar-refractivity contribution is 7.14. The number of rotatable bonds is 8. The molecule has 0 unspecified atom stereocenters. The molecule has 1 aromatic heterocycles. The Morgan fingerprint density at radius 1 is 1.28 bits per heavy atom. The number of carbonyl (C=O) groups is 3. The Balaban J connectivity index is 3.12. The molecule has 0 fully saturated rings. The zero-order chi connectivity index (χ0) is 22.4. The number of hydrogen-bond donors (Lipinski definition) is 2. The van der Waals surface area contributed by atoms with Gasteiger partial charge in [-0.15, -0.1) is 11.3 Å². The Labute approximate surface area is 173 Å². The molecule has 29 heavy (non-hydrogen) atoms. The SMILES string of the molecule is CO/N=C(\C(=O)OC)c1csc(NC(=O)[C@@](N)(CC(C)C)C(=O)OC(C)(C)C)n1. The Kier molecular flexibility index (Phi) is 8.27. The Morgan fingerprint density at radius 2 is 1.90 bits per heavy atom. The van der Waals surface area contributed by atoms with E-state index in [1.54, 1.807) is 20.8 Å². The van der Waals surface area contributed by atoms with Crippen LogP contribution >= 0.6 is 11.3 Å². The summed E-state index contributed by atoms with van der Waals surface area (Å²) >= 11 is 1.02. The molecule has 11 heteroatoms. The monoisotopic (exact) mass is 428 g/mol. The molecule has 0 aromatic carbocycles. The van der Waals surface area contributed by atoms with Crippen molar-refractivity contribution in [3.63, 3.8) is 0 Å². The molecule has 10 nitrogen and oxygen atoms in total. The van der Waals surface area contributed by atoms with Crippen LogP contribution in [-0.4, -0.2) is 53.9 Å². The maximum atomic E-state index is 12.9. The Morgan fingerprint density at radius 3 is 2.38 bits per heavy atom. The Hall–Kier alpha value is -2.53. The Bertz CT molecular complexity index is 784. The number of methoxy groups -OCH3 is 1. The molecule has 0 spiro atoms. The summed E-state index contributed by atoms with van der Waals surface area (Å²) < 4.78 is 9.98. The fourth-order valence-corrected chi connectivity index (χ4v) is 3.00. The average molecular weight is 429 g/mol. The third-order valence-electron chi connectivity index (χ3n) is 3.43. The van der Waals surface area contributed by atoms with E-state index in [1.807, 2.05) is 13.8 Å². The van der Waals surface area contributed by atoms with Gasteiger partial charge in [-0.05, 0) is 33.1 Å². The van der Waals surface area contributed by atoms with Gasteiger partial charge in [-0.25, -0.2) is 14.6 Å². The molecule has 0 aliphatic rings. The normalized spacial score (nSPS) is 14.2. The summed E-state index contributed by atoms with van der Waals surface area (Å²) in [6.45, 7) is 8.74. The van der Waals surface area contributed by atoms with Crippen molar-refractivity contribution in [2.45, 2.75) is 52.2 Å². The van der Waals surface area contributed by atoms with Gasteiger partial charge in [0.15, 0.2) is 10.7 Å². The highest BCUT2D eigenvalue weighted by Crippen LogP contribution is 2.24. The summed E-state index contributed by atoms with van der Waals surface area (Å²) in [6.07, 6.45) is 0.0739. The van der Waals surface area contributed by atoms with Gasteiger partial charge in [-0.2, -0.15) is 0 Å². The molecule has 1 heterocycles. The zero-order valence-corrected chi connectivity index (χ0v) is 18.5. The molecular formula is C18H28N4O6S. The molecule has 0 aliphatic carbocycles. The lowest BCUT2D eigenvalue weighted by Crippen LogP contribution is -2.60. The van der Waals surface area contributed by atoms with Crippen LogP contribution in [0.4, 0.5) is 5.13 Å². The first-order valence-electron chi connectivity index (χ1n) is 8.83. The minimum Gasteiger partial charge on any atom is -0.464 e. The van der Waals surface area contributed by atoms with Crippen LogP contribution in [0.15, 0.2) is 10.5 Å². The van der Waals surface area contributed by atoms with Crippen LogP contribution in [0.2, 0.25) is 0 Å². The largest absolute Gasteiger partial charge is 0.464 e. The predicted molar refractivity (Wildman–Crippen MR) is 109 cm³/mol. The number of amides is 1. The number of nitrogens with zero attached hydrogens (tertiary/aromatic N) is 2. The van der Waals surface area contributed by atoms with Crippen LogP contribution < -0.4 is 11.1 Å². The van der Waals surface area contributed by atoms with Crippen molar-refractivity contribution >= 4 is 40.0 Å². The zero-order valence-electron chi connectivity index (χ0n) is 17.7. The van der Waals surface area contributed by atoms with Gasteiger partial charge in [0.05, 0.1) is 7.11 Å². The van der Waals surface area contributed by atoms with E-state index >= 15 is 0 Å².